The molecule has 0 saturated carbocycles. The lowest BCUT2D eigenvalue weighted by Crippen LogP contribution is -2.56. The van der Waals surface area contributed by atoms with Gasteiger partial charge in [0.1, 0.15) is 18.3 Å². The Hall–Kier alpha value is -0.200. The Bertz CT molecular complexity index is 125. The van der Waals surface area contributed by atoms with Crippen molar-refractivity contribution >= 4 is 0 Å². The molecule has 4 N–H and O–H groups in total. The Kier molecular flexibility index (Phi) is 2.46. The fourth-order valence-corrected chi connectivity index (χ4v) is 1.03. The second-order valence-corrected chi connectivity index (χ2v) is 2.70. The second kappa shape index (κ2) is 3.04. The van der Waals surface area contributed by atoms with Gasteiger partial charge in [-0.1, -0.05) is 0 Å². The molecule has 0 amide bonds. The zero-order valence-electron chi connectivity index (χ0n) is 6.08. The third kappa shape index (κ3) is 1.52. The molecule has 0 aromatic rings. The highest BCUT2D eigenvalue weighted by Crippen LogP contribution is 2.18. The van der Waals surface area contributed by atoms with Crippen molar-refractivity contribution in [3.8, 4) is 0 Å². The normalized spacial score (nSPS) is 52.6. The molecule has 5 atom stereocenters. The first-order chi connectivity index (χ1) is 5.04. The monoisotopic (exact) mass is 165 g/mol. The van der Waals surface area contributed by atoms with E-state index in [1.165, 1.54) is 6.92 Å². The molecule has 5 heteroatoms. The fraction of sp³-hybridized carbons (Fsp3) is 1.00. The molecule has 1 rings (SSSR count). The first-order valence-electron chi connectivity index (χ1n) is 3.41. The predicted octanol–water partition coefficient (Wildman–Crippen LogP) is -2.19. The maximum absolute atomic E-state index is 9.09. The highest BCUT2D eigenvalue weighted by molar-refractivity contribution is 4.86. The Morgan fingerprint density at radius 2 is 1.45 bits per heavy atom. The van der Waals surface area contributed by atoms with E-state index in [4.69, 9.17) is 20.4 Å². The van der Waals surface area contributed by atoms with Crippen LogP contribution in [-0.4, -0.2) is 51.1 Å². The molecular weight excluding hydrogens is 153 g/mol. The van der Waals surface area contributed by atoms with E-state index < -0.39 is 30.7 Å². The van der Waals surface area contributed by atoms with Crippen molar-refractivity contribution in [3.63, 3.8) is 0 Å². The maximum Gasteiger partial charge on any atom is 0.183 e. The van der Waals surface area contributed by atoms with E-state index in [2.05, 4.69) is 4.74 Å². The first-order valence-corrected chi connectivity index (χ1v) is 3.41. The lowest BCUT2D eigenvalue weighted by atomic mass is 10.1. The second-order valence-electron chi connectivity index (χ2n) is 2.70. The molecule has 1 saturated heterocycles. The van der Waals surface area contributed by atoms with Crippen LogP contribution in [0, 0.1) is 0 Å². The Morgan fingerprint density at radius 3 is 2.00 bits per heavy atom. The van der Waals surface area contributed by atoms with E-state index in [0.29, 0.717) is 0 Å². The van der Waals surface area contributed by atoms with Crippen LogP contribution in [0.15, 0.2) is 0 Å². The van der Waals surface area contributed by atoms with E-state index in [1.54, 1.807) is 0 Å². The van der Waals surface area contributed by atoms with Gasteiger partial charge in [0, 0.05) is 0 Å². The molecule has 11 heavy (non-hydrogen) atoms. The third-order valence-corrected chi connectivity index (χ3v) is 1.83. The molecule has 66 valence electrons. The number of hydrogen-bond acceptors (Lipinski definition) is 5. The van der Waals surface area contributed by atoms with Gasteiger partial charge < -0.3 is 25.2 Å². The Morgan fingerprint density at radius 1 is 0.909 bits per heavy atom. The molecule has 0 aromatic heterocycles. The smallest absolute Gasteiger partial charge is 0.183 e. The minimum Gasteiger partial charge on any atom is -0.388 e. The quantitative estimate of drug-likeness (QED) is 0.306. The highest BCUT2D eigenvalue weighted by atomic mass is 16.7. The van der Waals surface area contributed by atoms with Crippen LogP contribution >= 0.6 is 0 Å². The van der Waals surface area contributed by atoms with E-state index >= 15 is 0 Å². The molecule has 1 aliphatic heterocycles. The molecule has 0 radical (unpaired) electrons. The Balaban J connectivity index is 2.63. The molecule has 1 unspecified atom stereocenters. The lowest BCUT2D eigenvalue weighted by molar-refractivity contribution is -0.277. The van der Waals surface area contributed by atoms with Gasteiger partial charge in [0.25, 0.3) is 0 Å². The van der Waals surface area contributed by atoms with Gasteiger partial charge in [0.05, 0.1) is 6.10 Å². The highest BCUT2D eigenvalue weighted by Gasteiger charge is 2.40. The molecule has 1 fully saturated rings. The Labute approximate surface area is 63.8 Å². The standard InChI is InChI=1S/C6H12O5/c1-2-3(7)4(8)5(9)6(10)11-2/h2-10H,1H3/t2-,3-,4+,5+,6?/m0/s1/i6+1. The van der Waals surface area contributed by atoms with E-state index in [0.717, 1.165) is 0 Å². The zero-order chi connectivity index (χ0) is 8.59. The topological polar surface area (TPSA) is 90.2 Å². The van der Waals surface area contributed by atoms with Gasteiger partial charge in [0.2, 0.25) is 0 Å². The van der Waals surface area contributed by atoms with Crippen molar-refractivity contribution in [1.82, 2.24) is 0 Å². The van der Waals surface area contributed by atoms with Crippen molar-refractivity contribution in [3.05, 3.63) is 0 Å². The maximum atomic E-state index is 9.09. The molecular formula is C6H12O5. The van der Waals surface area contributed by atoms with Crippen molar-refractivity contribution < 1.29 is 25.2 Å². The molecule has 0 aliphatic carbocycles. The van der Waals surface area contributed by atoms with Crippen LogP contribution in [0.25, 0.3) is 0 Å². The number of aliphatic hydroxyl groups excluding tert-OH is 4. The number of rotatable bonds is 0. The van der Waals surface area contributed by atoms with Crippen LogP contribution in [0.4, 0.5) is 0 Å². The van der Waals surface area contributed by atoms with Crippen LogP contribution < -0.4 is 0 Å². The largest absolute Gasteiger partial charge is 0.388 e. The van der Waals surface area contributed by atoms with Crippen LogP contribution in [-0.2, 0) is 4.74 Å². The van der Waals surface area contributed by atoms with E-state index in [9.17, 15) is 0 Å². The van der Waals surface area contributed by atoms with Crippen LogP contribution in [0.1, 0.15) is 6.92 Å². The molecule has 1 aliphatic rings. The SMILES string of the molecule is C[C@@H]1O[13CH](O)[C@H](O)[C@H](O)[C@H]1O. The average Bonchev–Trinajstić information content (AvgIpc) is 1.97. The van der Waals surface area contributed by atoms with Crippen LogP contribution in [0.2, 0.25) is 0 Å². The number of hydrogen-bond donors (Lipinski definition) is 4. The lowest BCUT2D eigenvalue weighted by Gasteiger charge is -2.36. The summed E-state index contributed by atoms with van der Waals surface area (Å²) in [5.41, 5.74) is 0. The predicted molar refractivity (Wildman–Crippen MR) is 34.6 cm³/mol. The number of ether oxygens (including phenoxy) is 1. The summed E-state index contributed by atoms with van der Waals surface area (Å²) < 4.78 is 4.68. The van der Waals surface area contributed by atoms with Gasteiger partial charge in [-0.25, -0.2) is 0 Å². The van der Waals surface area contributed by atoms with Gasteiger partial charge >= 0.3 is 0 Å². The summed E-state index contributed by atoms with van der Waals surface area (Å²) in [4.78, 5) is 0. The molecule has 5 nitrogen and oxygen atoms in total. The minimum absolute atomic E-state index is 0.664. The molecule has 0 aromatic carbocycles. The summed E-state index contributed by atoms with van der Waals surface area (Å²) in [6, 6.07) is 0. The van der Waals surface area contributed by atoms with Gasteiger partial charge in [0.15, 0.2) is 6.29 Å². The molecule has 1 heterocycles. The summed E-state index contributed by atoms with van der Waals surface area (Å²) in [7, 11) is 0. The van der Waals surface area contributed by atoms with Crippen molar-refractivity contribution in [2.24, 2.45) is 0 Å². The fourth-order valence-electron chi connectivity index (χ4n) is 1.03. The summed E-state index contributed by atoms with van der Waals surface area (Å²) in [6.45, 7) is 1.50. The summed E-state index contributed by atoms with van der Waals surface area (Å²) in [5, 5.41) is 36.0. The minimum atomic E-state index is -1.43. The average molecular weight is 165 g/mol. The van der Waals surface area contributed by atoms with Crippen LogP contribution in [0.5, 0.6) is 0 Å². The van der Waals surface area contributed by atoms with Gasteiger partial charge in [-0.3, -0.25) is 0 Å². The van der Waals surface area contributed by atoms with Crippen molar-refractivity contribution in [1.29, 1.82) is 0 Å². The number of aliphatic hydroxyl groups is 4. The summed E-state index contributed by atoms with van der Waals surface area (Å²) in [5.74, 6) is 0. The van der Waals surface area contributed by atoms with Gasteiger partial charge in [-0.15, -0.1) is 0 Å². The summed E-state index contributed by atoms with van der Waals surface area (Å²) >= 11 is 0. The van der Waals surface area contributed by atoms with E-state index in [-0.39, 0.29) is 0 Å². The van der Waals surface area contributed by atoms with Crippen LogP contribution in [0.3, 0.4) is 0 Å². The van der Waals surface area contributed by atoms with Gasteiger partial charge in [-0.2, -0.15) is 0 Å². The summed E-state index contributed by atoms with van der Waals surface area (Å²) in [6.07, 6.45) is -5.99. The van der Waals surface area contributed by atoms with E-state index in [1.807, 2.05) is 0 Å². The third-order valence-electron chi connectivity index (χ3n) is 1.83. The van der Waals surface area contributed by atoms with Gasteiger partial charge in [-0.05, 0) is 6.92 Å². The zero-order valence-corrected chi connectivity index (χ0v) is 6.08. The van der Waals surface area contributed by atoms with Crippen molar-refractivity contribution in [2.45, 2.75) is 37.6 Å². The van der Waals surface area contributed by atoms with Crippen molar-refractivity contribution in [2.75, 3.05) is 0 Å². The first kappa shape index (κ1) is 8.89. The molecule has 0 bridgehead atoms. The molecule has 0 spiro atoms.